The number of phenolic OH excluding ortho intramolecular Hbond substituents is 3. The second-order valence-electron chi connectivity index (χ2n) is 17.0. The zero-order valence-electron chi connectivity index (χ0n) is 41.1. The SMILES string of the molecule is Nc1c(N=Nc2ccc3c(O)c(N=Nc4ccccc4S(=O)(=O)O)c(S(=O)(=O)O)cc3c2S(=O)(=O)O)cc(S(=O)(=O)O)c2cc(S(=O)(=O)O)c(N=Nc3ccc4c(O)c(N=Nc5ccccc5S(=O)(=O)O)c(S(=O)(=O)O)cc4c3S(=O)(=O)O)c(O)c12. The summed E-state index contributed by atoms with van der Waals surface area (Å²) in [7, 11) is -44.5. The second-order valence-corrected chi connectivity index (χ2v) is 28.1. The van der Waals surface area contributed by atoms with E-state index in [9.17, 15) is 119 Å². The number of nitrogen functional groups attached to an aromatic ring is 1. The van der Waals surface area contributed by atoms with Crippen LogP contribution in [0.2, 0.25) is 0 Å². The van der Waals surface area contributed by atoms with Crippen molar-refractivity contribution >= 4 is 164 Å². The maximum absolute atomic E-state index is 13.1. The van der Waals surface area contributed by atoms with Gasteiger partial charge < -0.3 is 21.1 Å². The van der Waals surface area contributed by atoms with Gasteiger partial charge in [0.15, 0.2) is 17.2 Å². The molecule has 0 amide bonds. The molecule has 8 rings (SSSR count). The average Bonchev–Trinajstić information content (AvgIpc) is 0.784. The highest BCUT2D eigenvalue weighted by Crippen LogP contribution is 2.51. The van der Waals surface area contributed by atoms with Crippen molar-refractivity contribution < 1.29 is 119 Å². The van der Waals surface area contributed by atoms with Crippen LogP contribution >= 0.6 is 0 Å². The first kappa shape index (κ1) is 63.4. The molecule has 13 N–H and O–H groups in total. The molecule has 0 aliphatic rings. The zero-order valence-corrected chi connectivity index (χ0v) is 47.6. The van der Waals surface area contributed by atoms with Crippen molar-refractivity contribution in [3.05, 3.63) is 97.1 Å². The molecule has 0 saturated heterocycles. The van der Waals surface area contributed by atoms with Gasteiger partial charge in [-0.3, -0.25) is 36.4 Å². The van der Waals surface area contributed by atoms with Crippen LogP contribution in [0.1, 0.15) is 0 Å². The second kappa shape index (κ2) is 21.7. The Bertz CT molecular complexity index is 5450. The first-order valence-corrected chi connectivity index (χ1v) is 33.4. The summed E-state index contributed by atoms with van der Waals surface area (Å²) in [6, 6.07) is 11.9. The molecule has 36 nitrogen and oxygen atoms in total. The van der Waals surface area contributed by atoms with Crippen molar-refractivity contribution in [2.24, 2.45) is 40.9 Å². The number of rotatable bonds is 16. The number of anilines is 1. The molecular weight excluding hydrogens is 1320 g/mol. The Balaban J connectivity index is 1.33. The molecule has 44 heteroatoms. The number of hydrogen-bond donors (Lipinski definition) is 12. The van der Waals surface area contributed by atoms with Gasteiger partial charge in [-0.15, -0.1) is 40.9 Å². The molecule has 0 aliphatic heterocycles. The molecular formula is C42H29N9O27S8. The molecule has 452 valence electrons. The van der Waals surface area contributed by atoms with Gasteiger partial charge in [0.2, 0.25) is 0 Å². The van der Waals surface area contributed by atoms with Gasteiger partial charge in [-0.2, -0.15) is 67.3 Å². The Morgan fingerprint density at radius 2 is 0.581 bits per heavy atom. The van der Waals surface area contributed by atoms with Crippen molar-refractivity contribution in [2.45, 2.75) is 39.2 Å². The molecule has 0 unspecified atom stereocenters. The van der Waals surface area contributed by atoms with Crippen LogP contribution in [-0.2, 0) is 80.9 Å². The Kier molecular flexibility index (Phi) is 16.0. The fourth-order valence-corrected chi connectivity index (χ4v) is 13.6. The van der Waals surface area contributed by atoms with Crippen LogP contribution in [0.15, 0.2) is 177 Å². The van der Waals surface area contributed by atoms with Crippen molar-refractivity contribution in [3.63, 3.8) is 0 Å². The number of nitrogens with two attached hydrogens (primary N) is 1. The molecule has 0 spiro atoms. The fraction of sp³-hybridized carbons (Fsp3) is 0. The van der Waals surface area contributed by atoms with Crippen LogP contribution in [-0.4, -0.2) is 119 Å². The van der Waals surface area contributed by atoms with Crippen molar-refractivity contribution in [3.8, 4) is 17.2 Å². The molecule has 86 heavy (non-hydrogen) atoms. The summed E-state index contributed by atoms with van der Waals surface area (Å²) < 4.78 is 283. The van der Waals surface area contributed by atoms with E-state index in [1.54, 1.807) is 0 Å². The van der Waals surface area contributed by atoms with E-state index in [1.807, 2.05) is 0 Å². The van der Waals surface area contributed by atoms with E-state index in [4.69, 9.17) is 5.73 Å². The van der Waals surface area contributed by atoms with Gasteiger partial charge >= 0.3 is 0 Å². The minimum Gasteiger partial charge on any atom is -0.505 e. The van der Waals surface area contributed by atoms with Gasteiger partial charge in [0.1, 0.15) is 84.7 Å². The number of aromatic hydroxyl groups is 3. The molecule has 0 atom stereocenters. The van der Waals surface area contributed by atoms with E-state index in [1.165, 1.54) is 12.1 Å². The highest BCUT2D eigenvalue weighted by molar-refractivity contribution is 7.88. The molecule has 0 heterocycles. The van der Waals surface area contributed by atoms with Gasteiger partial charge in [0, 0.05) is 26.9 Å². The third-order valence-electron chi connectivity index (χ3n) is 11.6. The Labute approximate surface area is 480 Å². The van der Waals surface area contributed by atoms with Gasteiger partial charge in [-0.05, 0) is 72.8 Å². The minimum absolute atomic E-state index is 0.185. The summed E-state index contributed by atoms with van der Waals surface area (Å²) in [6.45, 7) is 0. The van der Waals surface area contributed by atoms with Crippen molar-refractivity contribution in [1.29, 1.82) is 0 Å². The maximum atomic E-state index is 13.1. The van der Waals surface area contributed by atoms with E-state index in [0.717, 1.165) is 42.5 Å². The van der Waals surface area contributed by atoms with Crippen LogP contribution in [0.5, 0.6) is 17.2 Å². The third kappa shape index (κ3) is 12.4. The molecule has 0 radical (unpaired) electrons. The Hall–Kier alpha value is -8.58. The number of phenols is 3. The Morgan fingerprint density at radius 1 is 0.279 bits per heavy atom. The summed E-state index contributed by atoms with van der Waals surface area (Å²) in [5.41, 5.74) is -3.37. The lowest BCUT2D eigenvalue weighted by Gasteiger charge is -2.15. The van der Waals surface area contributed by atoms with E-state index in [2.05, 4.69) is 40.9 Å². The molecule has 0 aromatic heterocycles. The number of benzene rings is 8. The largest absolute Gasteiger partial charge is 0.505 e. The summed E-state index contributed by atoms with van der Waals surface area (Å²) in [4.78, 5) is -10.9. The van der Waals surface area contributed by atoms with Crippen LogP contribution < -0.4 is 5.73 Å². The molecule has 0 aliphatic carbocycles. The molecule has 0 saturated carbocycles. The van der Waals surface area contributed by atoms with Gasteiger partial charge in [-0.25, -0.2) is 0 Å². The lowest BCUT2D eigenvalue weighted by Crippen LogP contribution is -2.05. The predicted molar refractivity (Wildman–Crippen MR) is 289 cm³/mol. The Morgan fingerprint density at radius 3 is 0.930 bits per heavy atom. The number of hydrogen-bond acceptors (Lipinski definition) is 28. The van der Waals surface area contributed by atoms with Gasteiger partial charge in [0.05, 0.1) is 11.1 Å². The van der Waals surface area contributed by atoms with E-state index in [0.29, 0.717) is 30.3 Å². The standard InChI is InChI=1S/C42H29N9O27S8/c43-34-26(48-46-24-11-9-17-19(41(24)85(73,74)75)13-30(82(64,65)66)35(38(17)52)49-44-22-5-1-3-7-27(22)79(55,56)57)16-29(81(61,62)63)21-15-32(84(70,71)72)37(40(54)33(21)34)51-47-25-12-10-18-20(42(25)86(76,77)78)14-31(83(67,68)69)36(39(18)53)50-45-23-6-2-4-8-28(23)80(58,59)60/h1-16,52-54H,43H2,(H,55,56,57)(H,58,59,60)(H,61,62,63)(H,64,65,66)(H,67,68,69)(H,70,71,72)(H,73,74,75)(H,76,77,78). The van der Waals surface area contributed by atoms with Crippen LogP contribution in [0.4, 0.5) is 51.2 Å². The van der Waals surface area contributed by atoms with Crippen LogP contribution in [0.3, 0.4) is 0 Å². The van der Waals surface area contributed by atoms with Crippen LogP contribution in [0, 0.1) is 0 Å². The third-order valence-corrected chi connectivity index (χ3v) is 18.8. The van der Waals surface area contributed by atoms with Crippen molar-refractivity contribution in [2.75, 3.05) is 5.73 Å². The molecule has 0 fully saturated rings. The molecule has 0 bridgehead atoms. The van der Waals surface area contributed by atoms with E-state index < -0.39 is 221 Å². The summed E-state index contributed by atoms with van der Waals surface area (Å²) in [5.74, 6) is -4.37. The van der Waals surface area contributed by atoms with E-state index >= 15 is 0 Å². The maximum Gasteiger partial charge on any atom is 0.297 e. The summed E-state index contributed by atoms with van der Waals surface area (Å²) in [5, 5.41) is 56.6. The first-order valence-electron chi connectivity index (χ1n) is 21.8. The topological polar surface area (TPSA) is 621 Å². The minimum atomic E-state index is -5.83. The number of nitrogens with zero attached hydrogens (tertiary/aromatic N) is 8. The predicted octanol–water partition coefficient (Wildman–Crippen LogP) is 7.48. The monoisotopic (exact) mass is 1350 g/mol. The first-order chi connectivity index (χ1) is 39.4. The normalized spacial score (nSPS) is 13.6. The van der Waals surface area contributed by atoms with Crippen LogP contribution in [0.25, 0.3) is 32.3 Å². The number of fused-ring (bicyclic) bond motifs is 3. The van der Waals surface area contributed by atoms with Gasteiger partial charge in [-0.1, -0.05) is 24.3 Å². The fourth-order valence-electron chi connectivity index (χ4n) is 8.08. The molecule has 8 aromatic rings. The summed E-state index contributed by atoms with van der Waals surface area (Å²) >= 11 is 0. The van der Waals surface area contributed by atoms with E-state index in [-0.39, 0.29) is 12.1 Å². The quantitative estimate of drug-likeness (QED) is 0.0253. The lowest BCUT2D eigenvalue weighted by molar-refractivity contribution is 0.471. The van der Waals surface area contributed by atoms with Crippen molar-refractivity contribution in [1.82, 2.24) is 0 Å². The molecule has 8 aromatic carbocycles. The highest BCUT2D eigenvalue weighted by Gasteiger charge is 2.33. The highest BCUT2D eigenvalue weighted by atomic mass is 32.2. The average molecular weight is 1350 g/mol. The number of azo groups is 4. The lowest BCUT2D eigenvalue weighted by atomic mass is 10.0. The smallest absolute Gasteiger partial charge is 0.297 e. The summed E-state index contributed by atoms with van der Waals surface area (Å²) in [6.07, 6.45) is 0. The van der Waals surface area contributed by atoms with Gasteiger partial charge in [0.25, 0.3) is 80.9 Å². The zero-order chi connectivity index (χ0) is 64.0.